The van der Waals surface area contributed by atoms with Crippen molar-refractivity contribution in [3.05, 3.63) is 0 Å². The average Bonchev–Trinajstić information content (AvgIpc) is 2.61. The van der Waals surface area contributed by atoms with Crippen molar-refractivity contribution in [2.75, 3.05) is 0 Å². The molecule has 0 saturated carbocycles. The summed E-state index contributed by atoms with van der Waals surface area (Å²) in [6.07, 6.45) is 0. The minimum Gasteiger partial charge on any atom is -0.521 e. The number of hydrogen-bond acceptors (Lipinski definition) is 6. The summed E-state index contributed by atoms with van der Waals surface area (Å²) in [5.41, 5.74) is 0. The molecule has 0 amide bonds. The van der Waals surface area contributed by atoms with E-state index in [1.54, 1.807) is 0 Å². The van der Waals surface area contributed by atoms with E-state index in [9.17, 15) is 0 Å². The summed E-state index contributed by atoms with van der Waals surface area (Å²) in [5, 5.41) is 0. The van der Waals surface area contributed by atoms with Crippen molar-refractivity contribution in [3.63, 3.8) is 0 Å². The third-order valence-corrected chi connectivity index (χ3v) is 2.12. The highest BCUT2D eigenvalue weighted by Crippen LogP contribution is 1.32. The summed E-state index contributed by atoms with van der Waals surface area (Å²) in [6.45, 7) is 3.86. The Hall–Kier alpha value is -1.31. The van der Waals surface area contributed by atoms with Gasteiger partial charge in [-0.3, -0.25) is 0 Å². The van der Waals surface area contributed by atoms with Crippen molar-refractivity contribution in [2.24, 2.45) is 0 Å². The fourth-order valence-corrected chi connectivity index (χ4v) is 0.612. The standard InChI is InChI=1S/2C2H2OSi2.2C2H4Si.4CH2OSi.CH4.2H2O/c2*1-4-3-5-2;6*1-3-2;;;/h2*1-2H;2*1H,2H3;4*1-2H;1H4;2*1H2. The minimum atomic E-state index is -0.417. The summed E-state index contributed by atoms with van der Waals surface area (Å²) in [6, 6.07) is 47.0. The van der Waals surface area contributed by atoms with Crippen LogP contribution in [-0.2, 0) is 8.23 Å². The van der Waals surface area contributed by atoms with E-state index >= 15 is 0 Å². The molecule has 0 aromatic heterocycles. The van der Waals surface area contributed by atoms with Crippen LogP contribution >= 0.6 is 0 Å². The maximum Gasteiger partial charge on any atom is 0.240 e. The highest BCUT2D eigenvalue weighted by atomic mass is 28.3. The molecule has 0 aromatic carbocycles. The zero-order valence-electron chi connectivity index (χ0n) is 16.4. The Bertz CT molecular complexity index is 548. The predicted molar refractivity (Wildman–Crippen MR) is 144 cm³/mol. The van der Waals surface area contributed by atoms with E-state index in [1.807, 2.05) is 13.1 Å². The largest absolute Gasteiger partial charge is 0.521 e. The second kappa shape index (κ2) is 193. The molecule has 0 fully saturated rings. The topological polar surface area (TPSA) is 162 Å². The van der Waals surface area contributed by atoms with Crippen LogP contribution in [0.2, 0.25) is 13.1 Å². The van der Waals surface area contributed by atoms with Crippen molar-refractivity contribution < 1.29 is 38.4 Å². The molecule has 0 aliphatic carbocycles. The Labute approximate surface area is 209 Å². The fourth-order valence-electron chi connectivity index (χ4n) is 0.0680. The molecule has 0 atom stereocenters. The van der Waals surface area contributed by atoms with Crippen LogP contribution < -0.4 is 0 Å². The normalized spacial score (nSPS) is 2.58. The molecule has 0 aliphatic heterocycles. The zero-order chi connectivity index (χ0) is 24.5. The van der Waals surface area contributed by atoms with E-state index in [1.165, 1.54) is 0 Å². The van der Waals surface area contributed by atoms with Gasteiger partial charge in [0, 0.05) is 0 Å². The SMILES string of the molecule is C.C#[Si]C.C#[Si]C.C#[Si]O.C#[Si]O.C#[Si]O.C#[Si]O.C#[Si]O[Si]#C.C#[Si]O[Si]#C.O.O. The van der Waals surface area contributed by atoms with Gasteiger partial charge < -0.3 is 38.4 Å². The minimum absolute atomic E-state index is 0. The maximum atomic E-state index is 7.38. The highest BCUT2D eigenvalue weighted by Gasteiger charge is 1.48. The molecule has 0 radical (unpaired) electrons. The van der Waals surface area contributed by atoms with Crippen LogP contribution in [0.25, 0.3) is 0 Å². The summed E-state index contributed by atoms with van der Waals surface area (Å²) >= 11 is 0. The van der Waals surface area contributed by atoms with Crippen LogP contribution in [0.1, 0.15) is 7.43 Å². The van der Waals surface area contributed by atoms with Gasteiger partial charge in [0.05, 0.1) is 0 Å². The number of hydrogen-bond donors (Lipinski definition) is 4. The lowest BCUT2D eigenvalue weighted by molar-refractivity contribution is 0.624. The van der Waals surface area contributed by atoms with Crippen molar-refractivity contribution >= 4 is 91.5 Å². The summed E-state index contributed by atoms with van der Waals surface area (Å²) in [4.78, 5) is 29.5. The maximum absolute atomic E-state index is 7.38. The average molecular weight is 593 g/mol. The van der Waals surface area contributed by atoms with Gasteiger partial charge in [0.2, 0.25) is 73.6 Å². The van der Waals surface area contributed by atoms with Gasteiger partial charge in [-0.1, -0.05) is 7.43 Å². The Morgan fingerprint density at radius 1 is 0.452 bits per heavy atom. The van der Waals surface area contributed by atoms with E-state index in [-0.39, 0.29) is 55.2 Å². The molecule has 168 valence electrons. The van der Waals surface area contributed by atoms with Crippen molar-refractivity contribution in [1.82, 2.24) is 0 Å². The molecule has 0 rings (SSSR count). The molecular formula is C13H28O8Si10. The Kier molecular flexibility index (Phi) is 434. The first kappa shape index (κ1) is 70.0. The van der Waals surface area contributed by atoms with Crippen molar-refractivity contribution in [2.45, 2.75) is 20.5 Å². The van der Waals surface area contributed by atoms with Gasteiger partial charge >= 0.3 is 0 Å². The van der Waals surface area contributed by atoms with Gasteiger partial charge in [-0.05, 0) is 31.0 Å². The summed E-state index contributed by atoms with van der Waals surface area (Å²) < 4.78 is 8.89. The lowest BCUT2D eigenvalue weighted by Crippen LogP contribution is -1.76. The van der Waals surface area contributed by atoms with Crippen LogP contribution in [0, 0.1) is 60.0 Å². The van der Waals surface area contributed by atoms with E-state index in [0.717, 1.165) is 0 Å². The molecule has 8 N–H and O–H groups in total. The molecule has 0 saturated heterocycles. The fraction of sp³-hybridized carbons (Fsp3) is 0.231. The van der Waals surface area contributed by atoms with Gasteiger partial charge in [0.1, 0.15) is 0 Å². The van der Waals surface area contributed by atoms with Gasteiger partial charge in [-0.15, -0.1) is 48.0 Å². The molecule has 31 heavy (non-hydrogen) atoms. The van der Waals surface area contributed by atoms with E-state index in [4.69, 9.17) is 55.2 Å². The van der Waals surface area contributed by atoms with Gasteiger partial charge in [-0.25, -0.2) is 0 Å². The van der Waals surface area contributed by atoms with Gasteiger partial charge in [-0.2, -0.15) is 12.0 Å². The second-order valence-corrected chi connectivity index (χ2v) is 6.53. The molecule has 0 heterocycles. The van der Waals surface area contributed by atoms with Crippen LogP contribution in [0.5, 0.6) is 0 Å². The lowest BCUT2D eigenvalue weighted by atomic mass is 11.9. The highest BCUT2D eigenvalue weighted by molar-refractivity contribution is 6.28. The van der Waals surface area contributed by atoms with Crippen LogP contribution in [0.3, 0.4) is 0 Å². The van der Waals surface area contributed by atoms with Gasteiger partial charge in [0.15, 0.2) is 0 Å². The molecule has 0 bridgehead atoms. The third-order valence-electron chi connectivity index (χ3n) is 0.236. The quantitative estimate of drug-likeness (QED) is 0.206. The Morgan fingerprint density at radius 3 is 0.516 bits per heavy atom. The van der Waals surface area contributed by atoms with Crippen LogP contribution in [0.15, 0.2) is 0 Å². The van der Waals surface area contributed by atoms with E-state index < -0.39 is 36.8 Å². The third kappa shape index (κ3) is 2830. The monoisotopic (exact) mass is 592 g/mol. The molecule has 0 aromatic rings. The molecule has 0 aliphatic rings. The summed E-state index contributed by atoms with van der Waals surface area (Å²) in [5.74, 6) is 0. The first-order valence-corrected chi connectivity index (χ1v) is 16.8. The predicted octanol–water partition coefficient (Wildman–Crippen LogP) is -4.77. The zero-order valence-corrected chi connectivity index (χ0v) is 26.4. The Balaban J connectivity index is -0.0000000164. The Morgan fingerprint density at radius 2 is 0.516 bits per heavy atom. The first-order chi connectivity index (χ1) is 13.3. The van der Waals surface area contributed by atoms with Crippen molar-refractivity contribution in [3.8, 4) is 60.0 Å². The van der Waals surface area contributed by atoms with Gasteiger partial charge in [0.25, 0.3) is 0 Å². The first-order valence-electron chi connectivity index (χ1n) is 5.60. The molecule has 0 spiro atoms. The van der Waals surface area contributed by atoms with E-state index in [2.05, 4.69) is 32.2 Å². The summed E-state index contributed by atoms with van der Waals surface area (Å²) in [7, 11) is -0.319. The van der Waals surface area contributed by atoms with Crippen LogP contribution in [-0.4, -0.2) is 122 Å². The smallest absolute Gasteiger partial charge is 0.240 e. The van der Waals surface area contributed by atoms with E-state index in [0.29, 0.717) is 17.9 Å². The second-order valence-electron chi connectivity index (χ2n) is 1.77. The molecule has 18 heteroatoms. The molecular weight excluding hydrogens is 565 g/mol. The molecule has 8 nitrogen and oxygen atoms in total. The lowest BCUT2D eigenvalue weighted by Gasteiger charge is -1.66. The number of rotatable bonds is 0. The van der Waals surface area contributed by atoms with Crippen molar-refractivity contribution in [1.29, 1.82) is 0 Å². The van der Waals surface area contributed by atoms with Crippen LogP contribution in [0.4, 0.5) is 0 Å². The molecule has 0 unspecified atom stereocenters.